The molecule has 29 heavy (non-hydrogen) atoms. The maximum atomic E-state index is 13.0. The predicted molar refractivity (Wildman–Crippen MR) is 107 cm³/mol. The molecule has 0 radical (unpaired) electrons. The highest BCUT2D eigenvalue weighted by atomic mass is 16.5. The van der Waals surface area contributed by atoms with Crippen molar-refractivity contribution in [1.82, 2.24) is 24.7 Å². The molecule has 1 saturated carbocycles. The molecular formula is C21H22N6O2. The smallest absolute Gasteiger partial charge is 0.262 e. The van der Waals surface area contributed by atoms with E-state index >= 15 is 0 Å². The minimum Gasteiger partial charge on any atom is -0.477 e. The van der Waals surface area contributed by atoms with E-state index in [0.29, 0.717) is 41.3 Å². The van der Waals surface area contributed by atoms with Gasteiger partial charge >= 0.3 is 0 Å². The fourth-order valence-electron chi connectivity index (χ4n) is 3.63. The second-order valence-electron chi connectivity index (χ2n) is 7.66. The molecule has 0 unspecified atom stereocenters. The second kappa shape index (κ2) is 7.27. The fourth-order valence-corrected chi connectivity index (χ4v) is 3.63. The number of amides is 1. The van der Waals surface area contributed by atoms with Gasteiger partial charge in [-0.3, -0.25) is 4.79 Å². The molecule has 3 aromatic heterocycles. The Morgan fingerprint density at radius 1 is 1.24 bits per heavy atom. The first-order valence-corrected chi connectivity index (χ1v) is 10.00. The standard InChI is InChI=1S/C21H22N6O2/c1-13-4-3-9-29-21-16(10-15(11-22-21)14-7-8-14)20(28)25-18-6-2-5-17(24-18)19-26-23-12-27(13)19/h2,5-6,10-14H,3-4,7-9H2,1H3,(H,24,25,28)/t13-/m0/s1. The number of pyridine rings is 2. The Bertz CT molecular complexity index is 1060. The Morgan fingerprint density at radius 3 is 3.00 bits per heavy atom. The molecule has 8 heteroatoms. The van der Waals surface area contributed by atoms with Crippen molar-refractivity contribution in [2.45, 2.75) is 44.6 Å². The van der Waals surface area contributed by atoms with Crippen LogP contribution in [0.25, 0.3) is 11.5 Å². The molecule has 0 aromatic carbocycles. The number of nitrogens with one attached hydrogen (secondary N) is 1. The molecule has 2 bridgehead atoms. The number of nitrogens with zero attached hydrogens (tertiary/aromatic N) is 5. The SMILES string of the molecule is C[C@H]1CCCOc2ncc(C3CC3)cc2C(=O)Nc2cccc(n2)-c2nncn21. The van der Waals surface area contributed by atoms with Gasteiger partial charge in [0.25, 0.3) is 5.91 Å². The summed E-state index contributed by atoms with van der Waals surface area (Å²) in [7, 11) is 0. The first-order chi connectivity index (χ1) is 14.2. The summed E-state index contributed by atoms with van der Waals surface area (Å²) in [6.07, 6.45) is 7.54. The van der Waals surface area contributed by atoms with Crippen LogP contribution in [-0.2, 0) is 0 Å². The number of rotatable bonds is 1. The van der Waals surface area contributed by atoms with Crippen LogP contribution in [0.5, 0.6) is 5.88 Å². The summed E-state index contributed by atoms with van der Waals surface area (Å²) in [4.78, 5) is 22.1. The quantitative estimate of drug-likeness (QED) is 0.682. The number of carbonyl (C=O) groups is 1. The van der Waals surface area contributed by atoms with E-state index in [-0.39, 0.29) is 11.9 Å². The van der Waals surface area contributed by atoms with Crippen LogP contribution in [0, 0.1) is 0 Å². The van der Waals surface area contributed by atoms with Crippen molar-refractivity contribution < 1.29 is 9.53 Å². The van der Waals surface area contributed by atoms with E-state index in [1.807, 2.05) is 29.0 Å². The zero-order valence-electron chi connectivity index (χ0n) is 16.2. The van der Waals surface area contributed by atoms with Gasteiger partial charge in [-0.2, -0.15) is 0 Å². The normalized spacial score (nSPS) is 19.3. The average molecular weight is 390 g/mol. The average Bonchev–Trinajstić information content (AvgIpc) is 3.46. The third-order valence-corrected chi connectivity index (χ3v) is 5.44. The summed E-state index contributed by atoms with van der Waals surface area (Å²) >= 11 is 0. The van der Waals surface area contributed by atoms with Crippen LogP contribution in [0.1, 0.15) is 60.5 Å². The number of carbonyl (C=O) groups excluding carboxylic acids is 1. The highest BCUT2D eigenvalue weighted by molar-refractivity contribution is 6.05. The van der Waals surface area contributed by atoms with Gasteiger partial charge in [0.1, 0.15) is 23.4 Å². The van der Waals surface area contributed by atoms with E-state index < -0.39 is 0 Å². The van der Waals surface area contributed by atoms with Gasteiger partial charge in [-0.15, -0.1) is 10.2 Å². The largest absolute Gasteiger partial charge is 0.477 e. The fraction of sp³-hybridized carbons (Fsp3) is 0.381. The van der Waals surface area contributed by atoms with Crippen LogP contribution < -0.4 is 10.1 Å². The lowest BCUT2D eigenvalue weighted by molar-refractivity contribution is 0.102. The molecule has 2 aliphatic rings. The first kappa shape index (κ1) is 17.8. The molecule has 1 atom stereocenters. The van der Waals surface area contributed by atoms with Crippen molar-refractivity contribution in [3.8, 4) is 17.4 Å². The van der Waals surface area contributed by atoms with Gasteiger partial charge in [-0.05, 0) is 62.3 Å². The summed E-state index contributed by atoms with van der Waals surface area (Å²) in [5.74, 6) is 1.74. The van der Waals surface area contributed by atoms with E-state index in [9.17, 15) is 4.79 Å². The Kier molecular flexibility index (Phi) is 4.46. The highest BCUT2D eigenvalue weighted by Crippen LogP contribution is 2.40. The zero-order chi connectivity index (χ0) is 19.8. The Balaban J connectivity index is 1.54. The third-order valence-electron chi connectivity index (χ3n) is 5.44. The number of hydrogen-bond acceptors (Lipinski definition) is 6. The van der Waals surface area contributed by atoms with Crippen LogP contribution in [0.3, 0.4) is 0 Å². The second-order valence-corrected chi connectivity index (χ2v) is 7.66. The van der Waals surface area contributed by atoms with Crippen molar-refractivity contribution in [3.05, 3.63) is 47.9 Å². The van der Waals surface area contributed by atoms with E-state index in [0.717, 1.165) is 31.2 Å². The topological polar surface area (TPSA) is 94.8 Å². The molecule has 5 rings (SSSR count). The summed E-state index contributed by atoms with van der Waals surface area (Å²) in [6.45, 7) is 2.61. The number of hydrogen-bond donors (Lipinski definition) is 1. The molecule has 1 N–H and O–H groups in total. The Hall–Kier alpha value is -3.29. The molecule has 148 valence electrons. The summed E-state index contributed by atoms with van der Waals surface area (Å²) < 4.78 is 7.91. The third kappa shape index (κ3) is 3.57. The van der Waals surface area contributed by atoms with E-state index in [4.69, 9.17) is 4.74 Å². The van der Waals surface area contributed by atoms with Gasteiger partial charge in [-0.25, -0.2) is 9.97 Å². The maximum absolute atomic E-state index is 13.0. The predicted octanol–water partition coefficient (Wildman–Crippen LogP) is 3.60. The van der Waals surface area contributed by atoms with Crippen LogP contribution in [0.4, 0.5) is 5.82 Å². The van der Waals surface area contributed by atoms with Gasteiger partial charge in [-0.1, -0.05) is 6.07 Å². The minimum absolute atomic E-state index is 0.191. The van der Waals surface area contributed by atoms with Crippen LogP contribution in [0.15, 0.2) is 36.8 Å². The number of fused-ring (bicyclic) bond motifs is 5. The molecular weight excluding hydrogens is 368 g/mol. The molecule has 1 aliphatic heterocycles. The molecule has 1 amide bonds. The molecule has 1 fully saturated rings. The van der Waals surface area contributed by atoms with E-state index in [1.165, 1.54) is 0 Å². The molecule has 0 saturated heterocycles. The number of anilines is 1. The monoisotopic (exact) mass is 390 g/mol. The van der Waals surface area contributed by atoms with Crippen molar-refractivity contribution in [2.24, 2.45) is 0 Å². The van der Waals surface area contributed by atoms with Gasteiger partial charge in [0.2, 0.25) is 5.88 Å². The van der Waals surface area contributed by atoms with Gasteiger partial charge in [0.05, 0.1) is 6.61 Å². The van der Waals surface area contributed by atoms with E-state index in [2.05, 4.69) is 32.4 Å². The summed E-state index contributed by atoms with van der Waals surface area (Å²) in [5.41, 5.74) is 2.22. The van der Waals surface area contributed by atoms with Crippen LogP contribution in [0.2, 0.25) is 0 Å². The van der Waals surface area contributed by atoms with Crippen molar-refractivity contribution in [1.29, 1.82) is 0 Å². The van der Waals surface area contributed by atoms with Crippen molar-refractivity contribution in [3.63, 3.8) is 0 Å². The van der Waals surface area contributed by atoms with Gasteiger partial charge in [0.15, 0.2) is 5.82 Å². The lowest BCUT2D eigenvalue weighted by Gasteiger charge is -2.17. The molecule has 1 aliphatic carbocycles. The first-order valence-electron chi connectivity index (χ1n) is 10.00. The van der Waals surface area contributed by atoms with Crippen LogP contribution >= 0.6 is 0 Å². The van der Waals surface area contributed by atoms with E-state index in [1.54, 1.807) is 12.4 Å². The molecule has 0 spiro atoms. The minimum atomic E-state index is -0.272. The van der Waals surface area contributed by atoms with Gasteiger partial charge < -0.3 is 14.6 Å². The van der Waals surface area contributed by atoms with Crippen LogP contribution in [-0.4, -0.2) is 37.2 Å². The summed E-state index contributed by atoms with van der Waals surface area (Å²) in [5, 5.41) is 11.2. The molecule has 8 nitrogen and oxygen atoms in total. The Morgan fingerprint density at radius 2 is 2.14 bits per heavy atom. The molecule has 4 heterocycles. The number of ether oxygens (including phenoxy) is 1. The van der Waals surface area contributed by atoms with Crippen molar-refractivity contribution in [2.75, 3.05) is 11.9 Å². The number of aromatic nitrogens is 5. The maximum Gasteiger partial charge on any atom is 0.262 e. The Labute approximate surface area is 168 Å². The molecule has 3 aromatic rings. The van der Waals surface area contributed by atoms with Gasteiger partial charge in [0, 0.05) is 12.2 Å². The lowest BCUT2D eigenvalue weighted by atomic mass is 10.1. The lowest BCUT2D eigenvalue weighted by Crippen LogP contribution is -2.17. The highest BCUT2D eigenvalue weighted by Gasteiger charge is 2.27. The van der Waals surface area contributed by atoms with Crippen molar-refractivity contribution >= 4 is 11.7 Å². The zero-order valence-corrected chi connectivity index (χ0v) is 16.2. The summed E-state index contributed by atoms with van der Waals surface area (Å²) in [6, 6.07) is 7.58.